The molecule has 0 saturated heterocycles. The summed E-state index contributed by atoms with van der Waals surface area (Å²) in [5.41, 5.74) is 1.78. The molecule has 3 heteroatoms. The van der Waals surface area contributed by atoms with Gasteiger partial charge in [-0.3, -0.25) is 4.79 Å². The first-order valence-electron chi connectivity index (χ1n) is 7.30. The Morgan fingerprint density at radius 1 is 1.00 bits per heavy atom. The molecule has 2 aromatic carbocycles. The maximum absolute atomic E-state index is 12.3. The van der Waals surface area contributed by atoms with E-state index in [9.17, 15) is 4.79 Å². The number of hydrogen-bond donors (Lipinski definition) is 0. The minimum Gasteiger partial charge on any atom is -0.489 e. The minimum absolute atomic E-state index is 0.0464. The lowest BCUT2D eigenvalue weighted by molar-refractivity contribution is 0.0772. The second-order valence-corrected chi connectivity index (χ2v) is 4.78. The average Bonchev–Trinajstić information content (AvgIpc) is 2.55. The third-order valence-corrected chi connectivity index (χ3v) is 3.38. The van der Waals surface area contributed by atoms with Crippen LogP contribution in [-0.4, -0.2) is 23.9 Å². The third kappa shape index (κ3) is 4.09. The first-order valence-corrected chi connectivity index (χ1v) is 7.30. The van der Waals surface area contributed by atoms with E-state index >= 15 is 0 Å². The van der Waals surface area contributed by atoms with Crippen molar-refractivity contribution in [2.45, 2.75) is 20.5 Å². The number of hydrogen-bond acceptors (Lipinski definition) is 2. The number of benzene rings is 2. The van der Waals surface area contributed by atoms with Gasteiger partial charge in [-0.25, -0.2) is 0 Å². The van der Waals surface area contributed by atoms with Crippen molar-refractivity contribution >= 4 is 5.91 Å². The summed E-state index contributed by atoms with van der Waals surface area (Å²) in [5.74, 6) is 0.766. The summed E-state index contributed by atoms with van der Waals surface area (Å²) in [5, 5.41) is 0. The van der Waals surface area contributed by atoms with Crippen molar-refractivity contribution in [2.24, 2.45) is 0 Å². The maximum Gasteiger partial charge on any atom is 0.253 e. The number of amides is 1. The molecule has 0 aliphatic heterocycles. The Bertz CT molecular complexity index is 577. The van der Waals surface area contributed by atoms with Crippen LogP contribution in [0.4, 0.5) is 0 Å². The predicted octanol–water partition coefficient (Wildman–Crippen LogP) is 3.75. The zero-order valence-corrected chi connectivity index (χ0v) is 12.6. The minimum atomic E-state index is 0.0464. The molecule has 0 aliphatic rings. The van der Waals surface area contributed by atoms with E-state index in [0.29, 0.717) is 25.3 Å². The molecule has 0 aliphatic carbocycles. The quantitative estimate of drug-likeness (QED) is 0.808. The number of ether oxygens (including phenoxy) is 1. The second-order valence-electron chi connectivity index (χ2n) is 4.78. The summed E-state index contributed by atoms with van der Waals surface area (Å²) in [4.78, 5) is 14.1. The van der Waals surface area contributed by atoms with Crippen LogP contribution in [0.15, 0.2) is 54.6 Å². The van der Waals surface area contributed by atoms with E-state index < -0.39 is 0 Å². The van der Waals surface area contributed by atoms with Crippen molar-refractivity contribution in [3.63, 3.8) is 0 Å². The maximum atomic E-state index is 12.3. The monoisotopic (exact) mass is 283 g/mol. The molecule has 21 heavy (non-hydrogen) atoms. The molecule has 0 saturated carbocycles. The summed E-state index contributed by atoms with van der Waals surface area (Å²) < 4.78 is 5.76. The van der Waals surface area contributed by atoms with Gasteiger partial charge in [-0.05, 0) is 37.6 Å². The molecule has 0 aromatic heterocycles. The van der Waals surface area contributed by atoms with Crippen LogP contribution < -0.4 is 4.74 Å². The van der Waals surface area contributed by atoms with E-state index in [4.69, 9.17) is 4.74 Å². The van der Waals surface area contributed by atoms with Crippen LogP contribution in [0.1, 0.15) is 29.8 Å². The number of nitrogens with zero attached hydrogens (tertiary/aromatic N) is 1. The van der Waals surface area contributed by atoms with E-state index in [-0.39, 0.29) is 5.91 Å². The predicted molar refractivity (Wildman–Crippen MR) is 84.5 cm³/mol. The summed E-state index contributed by atoms with van der Waals surface area (Å²) >= 11 is 0. The fourth-order valence-electron chi connectivity index (χ4n) is 2.15. The number of rotatable bonds is 6. The van der Waals surface area contributed by atoms with Crippen molar-refractivity contribution in [2.75, 3.05) is 13.1 Å². The van der Waals surface area contributed by atoms with Crippen molar-refractivity contribution in [3.05, 3.63) is 65.7 Å². The first-order chi connectivity index (χ1) is 10.2. The molecule has 0 fully saturated rings. The summed E-state index contributed by atoms with van der Waals surface area (Å²) in [7, 11) is 0. The largest absolute Gasteiger partial charge is 0.489 e. The van der Waals surface area contributed by atoms with E-state index in [1.807, 2.05) is 68.4 Å². The highest BCUT2D eigenvalue weighted by atomic mass is 16.5. The average molecular weight is 283 g/mol. The Morgan fingerprint density at radius 3 is 2.38 bits per heavy atom. The Kier molecular flexibility index (Phi) is 5.38. The van der Waals surface area contributed by atoms with Gasteiger partial charge in [0.05, 0.1) is 0 Å². The summed E-state index contributed by atoms with van der Waals surface area (Å²) in [6.45, 7) is 5.90. The summed E-state index contributed by atoms with van der Waals surface area (Å²) in [6, 6.07) is 17.4. The molecule has 3 nitrogen and oxygen atoms in total. The van der Waals surface area contributed by atoms with Gasteiger partial charge < -0.3 is 9.64 Å². The lowest BCUT2D eigenvalue weighted by Crippen LogP contribution is -2.30. The zero-order chi connectivity index (χ0) is 15.1. The second kappa shape index (κ2) is 7.48. The molecule has 2 aromatic rings. The Labute approximate surface area is 126 Å². The Morgan fingerprint density at radius 2 is 1.71 bits per heavy atom. The molecule has 0 atom stereocenters. The molecule has 110 valence electrons. The fourth-order valence-corrected chi connectivity index (χ4v) is 2.15. The van der Waals surface area contributed by atoms with Gasteiger partial charge >= 0.3 is 0 Å². The fraction of sp³-hybridized carbons (Fsp3) is 0.278. The lowest BCUT2D eigenvalue weighted by atomic mass is 10.2. The van der Waals surface area contributed by atoms with Gasteiger partial charge in [0.1, 0.15) is 12.4 Å². The van der Waals surface area contributed by atoms with Crippen LogP contribution >= 0.6 is 0 Å². The van der Waals surface area contributed by atoms with Gasteiger partial charge in [0.15, 0.2) is 0 Å². The van der Waals surface area contributed by atoms with Gasteiger partial charge in [-0.15, -0.1) is 0 Å². The van der Waals surface area contributed by atoms with Crippen molar-refractivity contribution in [1.82, 2.24) is 4.90 Å². The van der Waals surface area contributed by atoms with Crippen LogP contribution in [0.25, 0.3) is 0 Å². The van der Waals surface area contributed by atoms with Gasteiger partial charge in [0.2, 0.25) is 0 Å². The van der Waals surface area contributed by atoms with Gasteiger partial charge in [0, 0.05) is 18.7 Å². The molecular weight excluding hydrogens is 262 g/mol. The van der Waals surface area contributed by atoms with E-state index in [1.165, 1.54) is 0 Å². The van der Waals surface area contributed by atoms with Crippen LogP contribution in [-0.2, 0) is 6.61 Å². The van der Waals surface area contributed by atoms with Gasteiger partial charge in [0.25, 0.3) is 5.91 Å². The Hall–Kier alpha value is -2.29. The standard InChI is InChI=1S/C18H21NO2/c1-3-19(4-2)18(20)16-11-8-12-17(13-16)21-14-15-9-6-5-7-10-15/h5-13H,3-4,14H2,1-2H3. The lowest BCUT2D eigenvalue weighted by Gasteiger charge is -2.19. The molecule has 0 N–H and O–H groups in total. The van der Waals surface area contributed by atoms with Crippen molar-refractivity contribution < 1.29 is 9.53 Å². The molecule has 0 spiro atoms. The van der Waals surface area contributed by atoms with Crippen LogP contribution in [0.2, 0.25) is 0 Å². The molecule has 1 amide bonds. The SMILES string of the molecule is CCN(CC)C(=O)c1cccc(OCc2ccccc2)c1. The highest BCUT2D eigenvalue weighted by molar-refractivity contribution is 5.94. The Balaban J connectivity index is 2.05. The molecule has 0 bridgehead atoms. The molecule has 0 heterocycles. The van der Waals surface area contributed by atoms with Crippen LogP contribution in [0.5, 0.6) is 5.75 Å². The van der Waals surface area contributed by atoms with Crippen LogP contribution in [0.3, 0.4) is 0 Å². The number of carbonyl (C=O) groups is 1. The van der Waals surface area contributed by atoms with Gasteiger partial charge in [-0.2, -0.15) is 0 Å². The van der Waals surface area contributed by atoms with E-state index in [0.717, 1.165) is 11.3 Å². The molecule has 0 radical (unpaired) electrons. The molecule has 0 unspecified atom stereocenters. The van der Waals surface area contributed by atoms with E-state index in [2.05, 4.69) is 0 Å². The highest BCUT2D eigenvalue weighted by Crippen LogP contribution is 2.16. The first kappa shape index (κ1) is 15.1. The number of carbonyl (C=O) groups excluding carboxylic acids is 1. The molecule has 2 rings (SSSR count). The topological polar surface area (TPSA) is 29.5 Å². The van der Waals surface area contributed by atoms with Crippen LogP contribution in [0, 0.1) is 0 Å². The summed E-state index contributed by atoms with van der Waals surface area (Å²) in [6.07, 6.45) is 0. The van der Waals surface area contributed by atoms with Gasteiger partial charge in [-0.1, -0.05) is 36.4 Å². The zero-order valence-electron chi connectivity index (χ0n) is 12.6. The normalized spacial score (nSPS) is 10.2. The van der Waals surface area contributed by atoms with E-state index in [1.54, 1.807) is 4.90 Å². The third-order valence-electron chi connectivity index (χ3n) is 3.38. The van der Waals surface area contributed by atoms with Crippen molar-refractivity contribution in [3.8, 4) is 5.75 Å². The molecular formula is C18H21NO2. The highest BCUT2D eigenvalue weighted by Gasteiger charge is 2.12. The smallest absolute Gasteiger partial charge is 0.253 e. The van der Waals surface area contributed by atoms with Crippen molar-refractivity contribution in [1.29, 1.82) is 0 Å².